The lowest BCUT2D eigenvalue weighted by molar-refractivity contribution is -0.122. The number of nitrogens with two attached hydrogens (primary N) is 1. The first-order chi connectivity index (χ1) is 13.5. The Morgan fingerprint density at radius 1 is 1.14 bits per heavy atom. The van der Waals surface area contributed by atoms with Crippen LogP contribution >= 0.6 is 0 Å². The lowest BCUT2D eigenvalue weighted by Crippen LogP contribution is -2.25. The Morgan fingerprint density at radius 2 is 1.86 bits per heavy atom. The topological polar surface area (TPSA) is 119 Å². The Hall–Kier alpha value is -3.03. The highest BCUT2D eigenvalue weighted by Crippen LogP contribution is 2.18. The highest BCUT2D eigenvalue weighted by atomic mass is 16.6. The lowest BCUT2D eigenvalue weighted by atomic mass is 9.91. The minimum absolute atomic E-state index is 0.196. The van der Waals surface area contributed by atoms with Crippen molar-refractivity contribution >= 4 is 18.5 Å². The van der Waals surface area contributed by atoms with Crippen LogP contribution in [0.3, 0.4) is 0 Å². The number of amides is 1. The van der Waals surface area contributed by atoms with Crippen LogP contribution in [0.2, 0.25) is 0 Å². The molecule has 0 heterocycles. The second-order valence-electron chi connectivity index (χ2n) is 6.47. The summed E-state index contributed by atoms with van der Waals surface area (Å²) in [7, 11) is 0. The van der Waals surface area contributed by atoms with Gasteiger partial charge in [0.1, 0.15) is 18.3 Å². The molecule has 0 spiro atoms. The Bertz CT molecular complexity index is 805. The summed E-state index contributed by atoms with van der Waals surface area (Å²) in [5.74, 6) is -0.792. The number of benzene rings is 2. The summed E-state index contributed by atoms with van der Waals surface area (Å²) in [5, 5.41) is 9.26. The zero-order valence-electron chi connectivity index (χ0n) is 15.5. The van der Waals surface area contributed by atoms with E-state index < -0.39 is 11.8 Å². The van der Waals surface area contributed by atoms with E-state index in [4.69, 9.17) is 10.6 Å². The van der Waals surface area contributed by atoms with Crippen LogP contribution in [0.4, 0.5) is 0 Å². The first-order valence-electron chi connectivity index (χ1n) is 8.96. The molecule has 7 heteroatoms. The minimum atomic E-state index is -0.502. The Labute approximate surface area is 163 Å². The molecule has 0 saturated carbocycles. The predicted molar refractivity (Wildman–Crippen MR) is 103 cm³/mol. The van der Waals surface area contributed by atoms with Crippen molar-refractivity contribution in [2.45, 2.75) is 32.4 Å². The van der Waals surface area contributed by atoms with Gasteiger partial charge in [-0.05, 0) is 41.7 Å². The van der Waals surface area contributed by atoms with Gasteiger partial charge in [-0.25, -0.2) is 0 Å². The number of carbonyl (C=O) groups is 3. The van der Waals surface area contributed by atoms with Crippen molar-refractivity contribution in [1.82, 2.24) is 5.48 Å². The molecule has 7 nitrogen and oxygen atoms in total. The molecule has 2 rings (SSSR count). The molecule has 0 aliphatic rings. The standard InChI is InChI=1S/C21H24N2O5/c22-21(27)17(2-1-9-24)11-19-10-16(3-6-18(19)13-25)12-23-28-14-15-4-7-20(26)8-5-15/h3-10,13,17,23,26H,1-2,11-12,14H2,(H2,22,27). The van der Waals surface area contributed by atoms with Gasteiger partial charge in [-0.2, -0.15) is 5.48 Å². The molecule has 0 bridgehead atoms. The number of aromatic hydroxyl groups is 1. The maximum absolute atomic E-state index is 11.6. The molecule has 0 radical (unpaired) electrons. The quantitative estimate of drug-likeness (QED) is 0.293. The van der Waals surface area contributed by atoms with Crippen molar-refractivity contribution in [2.24, 2.45) is 11.7 Å². The van der Waals surface area contributed by atoms with E-state index in [9.17, 15) is 19.5 Å². The van der Waals surface area contributed by atoms with Gasteiger partial charge in [0.25, 0.3) is 0 Å². The molecule has 0 aromatic heterocycles. The summed E-state index contributed by atoms with van der Waals surface area (Å²) in [6.07, 6.45) is 2.40. The van der Waals surface area contributed by atoms with Crippen molar-refractivity contribution in [1.29, 1.82) is 0 Å². The number of phenolic OH excluding ortho intramolecular Hbond substituents is 1. The highest BCUT2D eigenvalue weighted by Gasteiger charge is 2.17. The number of phenols is 1. The van der Waals surface area contributed by atoms with Gasteiger partial charge in [-0.15, -0.1) is 0 Å². The van der Waals surface area contributed by atoms with E-state index >= 15 is 0 Å². The average molecular weight is 384 g/mol. The maximum Gasteiger partial charge on any atom is 0.220 e. The second kappa shape index (κ2) is 11.0. The fraction of sp³-hybridized carbons (Fsp3) is 0.286. The number of carbonyl (C=O) groups excluding carboxylic acids is 3. The van der Waals surface area contributed by atoms with Gasteiger partial charge in [0.05, 0.1) is 6.61 Å². The first-order valence-corrected chi connectivity index (χ1v) is 8.96. The van der Waals surface area contributed by atoms with E-state index in [1.165, 1.54) is 0 Å². The zero-order valence-corrected chi connectivity index (χ0v) is 15.5. The summed E-state index contributed by atoms with van der Waals surface area (Å²) in [4.78, 5) is 38.9. The number of primary amides is 1. The third kappa shape index (κ3) is 6.61. The molecule has 2 aromatic rings. The highest BCUT2D eigenvalue weighted by molar-refractivity contribution is 5.80. The lowest BCUT2D eigenvalue weighted by Gasteiger charge is -2.15. The molecule has 1 unspecified atom stereocenters. The van der Waals surface area contributed by atoms with Crippen LogP contribution in [0.15, 0.2) is 42.5 Å². The average Bonchev–Trinajstić information content (AvgIpc) is 2.69. The smallest absolute Gasteiger partial charge is 0.220 e. The van der Waals surface area contributed by atoms with E-state index in [0.29, 0.717) is 37.1 Å². The van der Waals surface area contributed by atoms with E-state index in [0.717, 1.165) is 23.7 Å². The molecule has 1 amide bonds. The van der Waals surface area contributed by atoms with Crippen molar-refractivity contribution < 1.29 is 24.3 Å². The van der Waals surface area contributed by atoms with Gasteiger partial charge in [-0.1, -0.05) is 30.3 Å². The van der Waals surface area contributed by atoms with Crippen molar-refractivity contribution in [2.75, 3.05) is 0 Å². The fourth-order valence-electron chi connectivity index (χ4n) is 2.80. The summed E-state index contributed by atoms with van der Waals surface area (Å²) < 4.78 is 0. The van der Waals surface area contributed by atoms with Crippen molar-refractivity contribution in [3.05, 3.63) is 64.7 Å². The molecule has 0 aliphatic heterocycles. The number of hydrogen-bond acceptors (Lipinski definition) is 6. The molecule has 4 N–H and O–H groups in total. The molecular weight excluding hydrogens is 360 g/mol. The number of hydroxylamine groups is 1. The van der Waals surface area contributed by atoms with Crippen molar-refractivity contribution in [3.8, 4) is 5.75 Å². The Balaban J connectivity index is 1.96. The first kappa shape index (κ1) is 21.3. The summed E-state index contributed by atoms with van der Waals surface area (Å²) in [5.41, 5.74) is 11.3. The number of rotatable bonds is 12. The van der Waals surface area contributed by atoms with Crippen molar-refractivity contribution in [3.63, 3.8) is 0 Å². The summed E-state index contributed by atoms with van der Waals surface area (Å²) >= 11 is 0. The van der Waals surface area contributed by atoms with Crippen LogP contribution in [0.25, 0.3) is 0 Å². The predicted octanol–water partition coefficient (Wildman–Crippen LogP) is 2.05. The van der Waals surface area contributed by atoms with Gasteiger partial charge in [0.15, 0.2) is 0 Å². The Morgan fingerprint density at radius 3 is 2.50 bits per heavy atom. The normalized spacial score (nSPS) is 11.7. The van der Waals surface area contributed by atoms with Crippen LogP contribution in [-0.4, -0.2) is 23.6 Å². The van der Waals surface area contributed by atoms with Crippen LogP contribution in [-0.2, 0) is 34.0 Å². The molecule has 1 atom stereocenters. The van der Waals surface area contributed by atoms with Gasteiger partial charge in [0.2, 0.25) is 5.91 Å². The molecule has 28 heavy (non-hydrogen) atoms. The summed E-state index contributed by atoms with van der Waals surface area (Å²) in [6, 6.07) is 12.0. The van der Waals surface area contributed by atoms with Crippen LogP contribution in [0.1, 0.15) is 39.9 Å². The molecule has 148 valence electrons. The maximum atomic E-state index is 11.6. The van der Waals surface area contributed by atoms with Gasteiger partial charge >= 0.3 is 0 Å². The number of hydrogen-bond donors (Lipinski definition) is 3. The number of aldehydes is 2. The third-order valence-corrected chi connectivity index (χ3v) is 4.39. The SMILES string of the molecule is NC(=O)C(CCC=O)Cc1cc(CNOCc2ccc(O)cc2)ccc1C=O. The van der Waals surface area contributed by atoms with E-state index in [1.54, 1.807) is 36.4 Å². The fourth-order valence-corrected chi connectivity index (χ4v) is 2.80. The summed E-state index contributed by atoms with van der Waals surface area (Å²) in [6.45, 7) is 0.731. The third-order valence-electron chi connectivity index (χ3n) is 4.39. The minimum Gasteiger partial charge on any atom is -0.508 e. The molecule has 2 aromatic carbocycles. The van der Waals surface area contributed by atoms with E-state index in [1.807, 2.05) is 6.07 Å². The van der Waals surface area contributed by atoms with E-state index in [2.05, 4.69) is 5.48 Å². The second-order valence-corrected chi connectivity index (χ2v) is 6.47. The largest absolute Gasteiger partial charge is 0.508 e. The molecule has 0 aliphatic carbocycles. The molecule has 0 fully saturated rings. The molecular formula is C21H24N2O5. The van der Waals surface area contributed by atoms with Gasteiger partial charge in [0, 0.05) is 24.4 Å². The zero-order chi connectivity index (χ0) is 20.4. The van der Waals surface area contributed by atoms with E-state index in [-0.39, 0.29) is 12.2 Å². The Kier molecular flexibility index (Phi) is 8.33. The van der Waals surface area contributed by atoms with Gasteiger partial charge < -0.3 is 15.6 Å². The monoisotopic (exact) mass is 384 g/mol. The van der Waals surface area contributed by atoms with Gasteiger partial charge in [-0.3, -0.25) is 14.4 Å². The van der Waals surface area contributed by atoms with Crippen LogP contribution in [0, 0.1) is 5.92 Å². The van der Waals surface area contributed by atoms with Crippen LogP contribution < -0.4 is 11.2 Å². The number of nitrogens with one attached hydrogen (secondary N) is 1. The molecule has 0 saturated heterocycles. The van der Waals surface area contributed by atoms with Crippen LogP contribution in [0.5, 0.6) is 5.75 Å².